The van der Waals surface area contributed by atoms with Gasteiger partial charge in [-0.25, -0.2) is 9.78 Å². The van der Waals surface area contributed by atoms with Crippen LogP contribution >= 0.6 is 11.6 Å². The summed E-state index contributed by atoms with van der Waals surface area (Å²) in [7, 11) is 0. The van der Waals surface area contributed by atoms with Crippen LogP contribution in [0.2, 0.25) is 5.02 Å². The summed E-state index contributed by atoms with van der Waals surface area (Å²) in [6, 6.07) is 7.22. The highest BCUT2D eigenvalue weighted by Gasteiger charge is 2.09. The fraction of sp³-hybridized carbons (Fsp3) is 0.0769. The minimum atomic E-state index is -0.563. The number of pyridine rings is 1. The minimum absolute atomic E-state index is 0.147. The van der Waals surface area contributed by atoms with E-state index in [0.29, 0.717) is 10.7 Å². The first-order valence-electron chi connectivity index (χ1n) is 5.90. The number of anilines is 2. The second-order valence-corrected chi connectivity index (χ2v) is 4.63. The van der Waals surface area contributed by atoms with Gasteiger partial charge in [-0.1, -0.05) is 17.7 Å². The predicted octanol–water partition coefficient (Wildman–Crippen LogP) is 3.60. The molecule has 2 aromatic rings. The standard InChI is InChI=1S/C13H11ClN4O3/c1-8-2-3-9(14)6-11(8)16-13(19)17-12-5-4-10(7-15-12)18(20)21/h2-7H,1H3,(H2,15,16,17,19). The van der Waals surface area contributed by atoms with Gasteiger partial charge in [0.05, 0.1) is 4.92 Å². The Balaban J connectivity index is 2.04. The van der Waals surface area contributed by atoms with Gasteiger partial charge in [0.1, 0.15) is 12.0 Å². The molecule has 7 nitrogen and oxygen atoms in total. The first kappa shape index (κ1) is 14.7. The molecule has 21 heavy (non-hydrogen) atoms. The Morgan fingerprint density at radius 2 is 2.05 bits per heavy atom. The molecule has 108 valence electrons. The fourth-order valence-corrected chi connectivity index (χ4v) is 1.74. The molecular weight excluding hydrogens is 296 g/mol. The van der Waals surface area contributed by atoms with Crippen LogP contribution in [-0.2, 0) is 0 Å². The molecule has 1 heterocycles. The average molecular weight is 307 g/mol. The number of hydrogen-bond acceptors (Lipinski definition) is 4. The number of aryl methyl sites for hydroxylation is 1. The number of benzene rings is 1. The van der Waals surface area contributed by atoms with E-state index in [1.165, 1.54) is 12.1 Å². The van der Waals surface area contributed by atoms with Crippen molar-refractivity contribution in [3.63, 3.8) is 0 Å². The molecular formula is C13H11ClN4O3. The molecule has 0 aliphatic heterocycles. The van der Waals surface area contributed by atoms with Gasteiger partial charge in [-0.15, -0.1) is 0 Å². The normalized spacial score (nSPS) is 10.0. The smallest absolute Gasteiger partial charge is 0.307 e. The van der Waals surface area contributed by atoms with Gasteiger partial charge in [-0.05, 0) is 30.7 Å². The molecule has 0 aliphatic carbocycles. The van der Waals surface area contributed by atoms with E-state index in [1.54, 1.807) is 18.2 Å². The van der Waals surface area contributed by atoms with Crippen LogP contribution in [0.3, 0.4) is 0 Å². The second kappa shape index (κ2) is 6.19. The largest absolute Gasteiger partial charge is 0.324 e. The van der Waals surface area contributed by atoms with E-state index < -0.39 is 11.0 Å². The molecule has 0 fully saturated rings. The molecule has 0 aliphatic rings. The van der Waals surface area contributed by atoms with Crippen LogP contribution in [0.25, 0.3) is 0 Å². The number of nitrogens with zero attached hydrogens (tertiary/aromatic N) is 2. The highest BCUT2D eigenvalue weighted by Crippen LogP contribution is 2.20. The van der Waals surface area contributed by atoms with Gasteiger partial charge >= 0.3 is 6.03 Å². The maximum atomic E-state index is 11.8. The van der Waals surface area contributed by atoms with Crippen LogP contribution in [0, 0.1) is 17.0 Å². The van der Waals surface area contributed by atoms with Gasteiger partial charge in [-0.2, -0.15) is 0 Å². The van der Waals surface area contributed by atoms with Crippen LogP contribution in [0.15, 0.2) is 36.5 Å². The zero-order valence-corrected chi connectivity index (χ0v) is 11.7. The van der Waals surface area contributed by atoms with Crippen LogP contribution in [-0.4, -0.2) is 15.9 Å². The third-order valence-corrected chi connectivity index (χ3v) is 2.88. The van der Waals surface area contributed by atoms with Crippen molar-refractivity contribution in [3.05, 3.63) is 57.2 Å². The van der Waals surface area contributed by atoms with Crippen molar-refractivity contribution in [2.24, 2.45) is 0 Å². The number of hydrogen-bond donors (Lipinski definition) is 2. The van der Waals surface area contributed by atoms with Crippen LogP contribution in [0.4, 0.5) is 22.0 Å². The molecule has 0 radical (unpaired) electrons. The summed E-state index contributed by atoms with van der Waals surface area (Å²) in [4.78, 5) is 25.5. The second-order valence-electron chi connectivity index (χ2n) is 4.20. The van der Waals surface area contributed by atoms with Crippen molar-refractivity contribution in [1.82, 2.24) is 4.98 Å². The van der Waals surface area contributed by atoms with Crippen LogP contribution in [0.1, 0.15) is 5.56 Å². The molecule has 2 rings (SSSR count). The van der Waals surface area contributed by atoms with Gasteiger partial charge in [0.2, 0.25) is 0 Å². The molecule has 2 N–H and O–H groups in total. The lowest BCUT2D eigenvalue weighted by Gasteiger charge is -2.09. The summed E-state index contributed by atoms with van der Waals surface area (Å²) >= 11 is 5.86. The monoisotopic (exact) mass is 306 g/mol. The average Bonchev–Trinajstić information content (AvgIpc) is 2.43. The van der Waals surface area contributed by atoms with Gasteiger partial charge in [-0.3, -0.25) is 15.4 Å². The highest BCUT2D eigenvalue weighted by molar-refractivity contribution is 6.31. The summed E-state index contributed by atoms with van der Waals surface area (Å²) < 4.78 is 0. The van der Waals surface area contributed by atoms with E-state index in [0.717, 1.165) is 11.8 Å². The third kappa shape index (κ3) is 3.90. The molecule has 2 amide bonds. The molecule has 0 bridgehead atoms. The summed E-state index contributed by atoms with van der Waals surface area (Å²) in [6.45, 7) is 1.83. The Labute approximate surface area is 125 Å². The molecule has 0 atom stereocenters. The first-order chi connectivity index (χ1) is 9.95. The highest BCUT2D eigenvalue weighted by atomic mass is 35.5. The van der Waals surface area contributed by atoms with Gasteiger partial charge in [0.15, 0.2) is 0 Å². The van der Waals surface area contributed by atoms with E-state index in [2.05, 4.69) is 15.6 Å². The maximum Gasteiger partial charge on any atom is 0.324 e. The van der Waals surface area contributed by atoms with E-state index in [1.807, 2.05) is 6.92 Å². The number of nitrogens with one attached hydrogen (secondary N) is 2. The van der Waals surface area contributed by atoms with Crippen LogP contribution in [0.5, 0.6) is 0 Å². The fourth-order valence-electron chi connectivity index (χ4n) is 1.57. The van der Waals surface area contributed by atoms with Crippen molar-refractivity contribution in [2.75, 3.05) is 10.6 Å². The zero-order valence-electron chi connectivity index (χ0n) is 11.0. The summed E-state index contributed by atoms with van der Waals surface area (Å²) in [6.07, 6.45) is 1.07. The Morgan fingerprint density at radius 3 is 2.67 bits per heavy atom. The number of urea groups is 1. The predicted molar refractivity (Wildman–Crippen MR) is 79.7 cm³/mol. The van der Waals surface area contributed by atoms with E-state index >= 15 is 0 Å². The molecule has 1 aromatic carbocycles. The quantitative estimate of drug-likeness (QED) is 0.668. The lowest BCUT2D eigenvalue weighted by Crippen LogP contribution is -2.20. The van der Waals surface area contributed by atoms with Crippen molar-refractivity contribution in [2.45, 2.75) is 6.92 Å². The van der Waals surface area contributed by atoms with Gasteiger partial charge in [0.25, 0.3) is 5.69 Å². The number of aromatic nitrogens is 1. The lowest BCUT2D eigenvalue weighted by atomic mass is 10.2. The van der Waals surface area contributed by atoms with Gasteiger partial charge < -0.3 is 5.32 Å². The third-order valence-electron chi connectivity index (χ3n) is 2.65. The molecule has 1 aromatic heterocycles. The molecule has 0 saturated heterocycles. The maximum absolute atomic E-state index is 11.8. The SMILES string of the molecule is Cc1ccc(Cl)cc1NC(=O)Nc1ccc([N+](=O)[O-])cn1. The van der Waals surface area contributed by atoms with Crippen LogP contribution < -0.4 is 10.6 Å². The molecule has 0 unspecified atom stereocenters. The topological polar surface area (TPSA) is 97.2 Å². The Bertz CT molecular complexity index is 688. The lowest BCUT2D eigenvalue weighted by molar-refractivity contribution is -0.385. The number of halogens is 1. The van der Waals surface area contributed by atoms with E-state index in [4.69, 9.17) is 11.6 Å². The van der Waals surface area contributed by atoms with Crippen molar-refractivity contribution < 1.29 is 9.72 Å². The van der Waals surface area contributed by atoms with Gasteiger partial charge in [0, 0.05) is 16.8 Å². The Morgan fingerprint density at radius 1 is 1.29 bits per heavy atom. The Hall–Kier alpha value is -2.67. The molecule has 0 saturated carbocycles. The number of nitro groups is 1. The molecule has 0 spiro atoms. The van der Waals surface area contributed by atoms with Crippen molar-refractivity contribution >= 4 is 34.8 Å². The summed E-state index contributed by atoms with van der Waals surface area (Å²) in [5.41, 5.74) is 1.28. The number of rotatable bonds is 3. The van der Waals surface area contributed by atoms with Crippen molar-refractivity contribution in [3.8, 4) is 0 Å². The summed E-state index contributed by atoms with van der Waals surface area (Å²) in [5, 5.41) is 16.1. The number of carbonyl (C=O) groups excluding carboxylic acids is 1. The summed E-state index contributed by atoms with van der Waals surface area (Å²) in [5.74, 6) is 0.206. The minimum Gasteiger partial charge on any atom is -0.307 e. The zero-order chi connectivity index (χ0) is 15.4. The van der Waals surface area contributed by atoms with Crippen molar-refractivity contribution in [1.29, 1.82) is 0 Å². The Kier molecular flexibility index (Phi) is 4.34. The first-order valence-corrected chi connectivity index (χ1v) is 6.28. The number of amides is 2. The molecule has 8 heteroatoms. The van der Waals surface area contributed by atoms with E-state index in [9.17, 15) is 14.9 Å². The van der Waals surface area contributed by atoms with E-state index in [-0.39, 0.29) is 11.5 Å². The number of carbonyl (C=O) groups is 1.